The van der Waals surface area contributed by atoms with E-state index in [1.807, 2.05) is 0 Å². The van der Waals surface area contributed by atoms with E-state index in [9.17, 15) is 14.7 Å². The van der Waals surface area contributed by atoms with E-state index >= 15 is 0 Å². The molecule has 6 nitrogen and oxygen atoms in total. The second-order valence-electron chi connectivity index (χ2n) is 5.69. The molecule has 0 spiro atoms. The van der Waals surface area contributed by atoms with Gasteiger partial charge in [0.2, 0.25) is 5.22 Å². The predicted molar refractivity (Wildman–Crippen MR) is 89.3 cm³/mol. The minimum absolute atomic E-state index is 0.0158. The molecule has 2 aromatic rings. The van der Waals surface area contributed by atoms with Crippen LogP contribution in [0.15, 0.2) is 41.0 Å². The number of rotatable bonds is 3. The third kappa shape index (κ3) is 3.60. The molecule has 24 heavy (non-hydrogen) atoms. The van der Waals surface area contributed by atoms with Gasteiger partial charge < -0.3 is 19.7 Å². The van der Waals surface area contributed by atoms with Gasteiger partial charge in [0.1, 0.15) is 0 Å². The molecule has 1 aliphatic heterocycles. The molecule has 7 heteroatoms. The van der Waals surface area contributed by atoms with Gasteiger partial charge in [-0.3, -0.25) is 9.59 Å². The molecule has 0 bridgehead atoms. The minimum Gasteiger partial charge on any atom is -0.452 e. The van der Waals surface area contributed by atoms with E-state index in [0.717, 1.165) is 6.42 Å². The number of amides is 2. The van der Waals surface area contributed by atoms with Crippen LogP contribution in [0.5, 0.6) is 0 Å². The molecule has 126 valence electrons. The fourth-order valence-corrected chi connectivity index (χ4v) is 2.91. The van der Waals surface area contributed by atoms with Gasteiger partial charge in [-0.05, 0) is 48.7 Å². The predicted octanol–water partition coefficient (Wildman–Crippen LogP) is 2.78. The van der Waals surface area contributed by atoms with Crippen molar-refractivity contribution in [3.05, 3.63) is 52.9 Å². The molecule has 1 aromatic heterocycles. The summed E-state index contributed by atoms with van der Waals surface area (Å²) in [5.41, 5.74) is 1.17. The van der Waals surface area contributed by atoms with Crippen LogP contribution in [0.2, 0.25) is 5.22 Å². The Labute approximate surface area is 144 Å². The Hall–Kier alpha value is -2.31. The first-order valence-corrected chi connectivity index (χ1v) is 8.04. The summed E-state index contributed by atoms with van der Waals surface area (Å²) < 4.78 is 4.89. The van der Waals surface area contributed by atoms with Crippen molar-refractivity contribution < 1.29 is 19.1 Å². The summed E-state index contributed by atoms with van der Waals surface area (Å²) in [6, 6.07) is 8.15. The quantitative estimate of drug-likeness (QED) is 0.893. The highest BCUT2D eigenvalue weighted by atomic mass is 35.5. The van der Waals surface area contributed by atoms with Crippen molar-refractivity contribution in [3.63, 3.8) is 0 Å². The number of carbonyl (C=O) groups excluding carboxylic acids is 2. The molecular weight excluding hydrogens is 332 g/mol. The number of aliphatic hydroxyl groups is 1. The number of aliphatic hydroxyl groups excluding tert-OH is 1. The first-order valence-electron chi connectivity index (χ1n) is 7.66. The molecule has 2 heterocycles. The highest BCUT2D eigenvalue weighted by molar-refractivity contribution is 6.32. The Morgan fingerprint density at radius 1 is 1.33 bits per heavy atom. The van der Waals surface area contributed by atoms with Crippen molar-refractivity contribution >= 4 is 29.1 Å². The number of anilines is 1. The number of benzene rings is 1. The van der Waals surface area contributed by atoms with E-state index in [1.165, 1.54) is 12.3 Å². The lowest BCUT2D eigenvalue weighted by Crippen LogP contribution is -2.42. The van der Waals surface area contributed by atoms with Gasteiger partial charge in [0.05, 0.1) is 17.9 Å². The van der Waals surface area contributed by atoms with E-state index < -0.39 is 12.0 Å². The summed E-state index contributed by atoms with van der Waals surface area (Å²) in [7, 11) is 0. The van der Waals surface area contributed by atoms with Crippen molar-refractivity contribution in [2.45, 2.75) is 18.9 Å². The van der Waals surface area contributed by atoms with Gasteiger partial charge in [0.15, 0.2) is 0 Å². The molecule has 1 aliphatic rings. The monoisotopic (exact) mass is 348 g/mol. The van der Waals surface area contributed by atoms with E-state index in [-0.39, 0.29) is 16.7 Å². The van der Waals surface area contributed by atoms with Gasteiger partial charge in [-0.2, -0.15) is 0 Å². The van der Waals surface area contributed by atoms with Crippen LogP contribution >= 0.6 is 11.6 Å². The third-order valence-electron chi connectivity index (χ3n) is 3.91. The smallest absolute Gasteiger partial charge is 0.260 e. The molecule has 0 aliphatic carbocycles. The van der Waals surface area contributed by atoms with E-state index in [4.69, 9.17) is 16.0 Å². The standard InChI is InChI=1S/C17H17ClN2O4/c18-15-14(6-8-24-15)16(22)19-12-4-1-3-11(9-12)17(23)20-7-2-5-13(21)10-20/h1,3-4,6,8-9,13,21H,2,5,7,10H2,(H,19,22)/t13-/m1/s1. The molecule has 2 N–H and O–H groups in total. The number of carbonyl (C=O) groups is 2. The second-order valence-corrected chi connectivity index (χ2v) is 6.03. The first-order chi connectivity index (χ1) is 11.5. The average molecular weight is 349 g/mol. The van der Waals surface area contributed by atoms with Gasteiger partial charge >= 0.3 is 0 Å². The topological polar surface area (TPSA) is 82.8 Å². The zero-order valence-electron chi connectivity index (χ0n) is 12.9. The zero-order chi connectivity index (χ0) is 17.1. The number of likely N-dealkylation sites (tertiary alicyclic amines) is 1. The molecule has 0 unspecified atom stereocenters. The Balaban J connectivity index is 1.73. The van der Waals surface area contributed by atoms with E-state index in [2.05, 4.69) is 5.32 Å². The van der Waals surface area contributed by atoms with Crippen LogP contribution in [0.25, 0.3) is 0 Å². The Morgan fingerprint density at radius 2 is 2.17 bits per heavy atom. The number of furan rings is 1. The first kappa shape index (κ1) is 16.5. The van der Waals surface area contributed by atoms with Gasteiger partial charge in [0.25, 0.3) is 11.8 Å². The number of piperidine rings is 1. The van der Waals surface area contributed by atoms with Crippen molar-refractivity contribution in [1.29, 1.82) is 0 Å². The van der Waals surface area contributed by atoms with Crippen LogP contribution in [0.4, 0.5) is 5.69 Å². The van der Waals surface area contributed by atoms with E-state index in [0.29, 0.717) is 30.8 Å². The molecular formula is C17H17ClN2O4. The van der Waals surface area contributed by atoms with Crippen molar-refractivity contribution in [3.8, 4) is 0 Å². The SMILES string of the molecule is O=C(Nc1cccc(C(=O)N2CCC[C@@H](O)C2)c1)c1ccoc1Cl. The van der Waals surface area contributed by atoms with Crippen LogP contribution in [0, 0.1) is 0 Å². The molecule has 3 rings (SSSR count). The van der Waals surface area contributed by atoms with Crippen molar-refractivity contribution in [2.75, 3.05) is 18.4 Å². The normalized spacial score (nSPS) is 17.6. The van der Waals surface area contributed by atoms with Crippen LogP contribution in [-0.4, -0.2) is 41.0 Å². The highest BCUT2D eigenvalue weighted by Gasteiger charge is 2.23. The summed E-state index contributed by atoms with van der Waals surface area (Å²) >= 11 is 5.79. The number of β-amino-alcohol motifs (C(OH)–C–C–N with tert-alkyl or cyclic N) is 1. The Morgan fingerprint density at radius 3 is 2.88 bits per heavy atom. The van der Waals surface area contributed by atoms with Crippen molar-refractivity contribution in [1.82, 2.24) is 4.90 Å². The maximum atomic E-state index is 12.5. The van der Waals surface area contributed by atoms with E-state index in [1.54, 1.807) is 29.2 Å². The van der Waals surface area contributed by atoms with Crippen LogP contribution in [-0.2, 0) is 0 Å². The maximum absolute atomic E-state index is 12.5. The number of nitrogens with one attached hydrogen (secondary N) is 1. The maximum Gasteiger partial charge on any atom is 0.260 e. The Kier molecular flexibility index (Phi) is 4.87. The molecule has 1 saturated heterocycles. The summed E-state index contributed by atoms with van der Waals surface area (Å²) in [6.45, 7) is 0.956. The lowest BCUT2D eigenvalue weighted by molar-refractivity contribution is 0.0474. The fraction of sp³-hybridized carbons (Fsp3) is 0.294. The number of hydrogen-bond acceptors (Lipinski definition) is 4. The summed E-state index contributed by atoms with van der Waals surface area (Å²) in [4.78, 5) is 26.3. The molecule has 0 saturated carbocycles. The van der Waals surface area contributed by atoms with Gasteiger partial charge in [-0.1, -0.05) is 6.07 Å². The zero-order valence-corrected chi connectivity index (χ0v) is 13.6. The fourth-order valence-electron chi connectivity index (χ4n) is 2.71. The van der Waals surface area contributed by atoms with Gasteiger partial charge in [0, 0.05) is 24.3 Å². The molecule has 1 atom stereocenters. The number of hydrogen-bond donors (Lipinski definition) is 2. The number of halogens is 1. The third-order valence-corrected chi connectivity index (χ3v) is 4.21. The summed E-state index contributed by atoms with van der Waals surface area (Å²) in [5, 5.41) is 12.4. The van der Waals surface area contributed by atoms with Gasteiger partial charge in [-0.15, -0.1) is 0 Å². The second kappa shape index (κ2) is 7.07. The molecule has 2 amide bonds. The van der Waals surface area contributed by atoms with Crippen LogP contribution in [0.1, 0.15) is 33.6 Å². The largest absolute Gasteiger partial charge is 0.452 e. The molecule has 1 aromatic carbocycles. The average Bonchev–Trinajstić information content (AvgIpc) is 3.00. The highest BCUT2D eigenvalue weighted by Crippen LogP contribution is 2.20. The minimum atomic E-state index is -0.478. The van der Waals surface area contributed by atoms with Crippen LogP contribution in [0.3, 0.4) is 0 Å². The van der Waals surface area contributed by atoms with Crippen LogP contribution < -0.4 is 5.32 Å². The van der Waals surface area contributed by atoms with Gasteiger partial charge in [-0.25, -0.2) is 0 Å². The number of nitrogens with zero attached hydrogens (tertiary/aromatic N) is 1. The summed E-state index contributed by atoms with van der Waals surface area (Å²) in [6.07, 6.45) is 2.35. The molecule has 1 fully saturated rings. The Bertz CT molecular complexity index is 759. The molecule has 0 radical (unpaired) electrons. The lowest BCUT2D eigenvalue weighted by atomic mass is 10.1. The summed E-state index contributed by atoms with van der Waals surface area (Å²) in [5.74, 6) is -0.571. The van der Waals surface area contributed by atoms with Crippen molar-refractivity contribution in [2.24, 2.45) is 0 Å². The lowest BCUT2D eigenvalue weighted by Gasteiger charge is -2.30.